The van der Waals surface area contributed by atoms with Crippen molar-refractivity contribution in [2.24, 2.45) is 0 Å². The molecule has 0 bridgehead atoms. The minimum atomic E-state index is 0.763. The minimum Gasteiger partial charge on any atom is -0.497 e. The van der Waals surface area contributed by atoms with Crippen LogP contribution >= 0.6 is 0 Å². The number of methoxy groups -OCH3 is 1. The van der Waals surface area contributed by atoms with Crippen molar-refractivity contribution in [2.45, 2.75) is 19.3 Å². The number of ether oxygens (including phenoxy) is 2. The number of allylic oxidation sites excluding steroid dienone is 3. The summed E-state index contributed by atoms with van der Waals surface area (Å²) in [4.78, 5) is 5.07. The topological polar surface area (TPSA) is 24.9 Å². The predicted molar refractivity (Wildman–Crippen MR) is 102 cm³/mol. The van der Waals surface area contributed by atoms with Gasteiger partial charge < -0.3 is 14.4 Å². The standard InChI is InChI=1S/C21H30N2O2/c1-24-21-10-6-5-7-19(21)11-12-22-13-15-23(16-14-22)17-18-25-20-8-3-2-4-9-20/h2-4,7-10H,5-6,11-18H2,1H3. The molecule has 1 aliphatic heterocycles. The summed E-state index contributed by atoms with van der Waals surface area (Å²) >= 11 is 0. The van der Waals surface area contributed by atoms with Gasteiger partial charge in [-0.25, -0.2) is 0 Å². The molecular weight excluding hydrogens is 312 g/mol. The first-order valence-electron chi connectivity index (χ1n) is 9.41. The highest BCUT2D eigenvalue weighted by atomic mass is 16.5. The molecule has 0 amide bonds. The van der Waals surface area contributed by atoms with Gasteiger partial charge in [-0.2, -0.15) is 0 Å². The Morgan fingerprint density at radius 3 is 2.28 bits per heavy atom. The Balaban J connectivity index is 1.32. The summed E-state index contributed by atoms with van der Waals surface area (Å²) in [6, 6.07) is 10.1. The molecule has 1 aromatic carbocycles. The van der Waals surface area contributed by atoms with Crippen LogP contribution in [0.1, 0.15) is 19.3 Å². The van der Waals surface area contributed by atoms with E-state index in [1.807, 2.05) is 30.3 Å². The molecule has 4 heteroatoms. The van der Waals surface area contributed by atoms with Crippen LogP contribution in [0.5, 0.6) is 5.75 Å². The second-order valence-electron chi connectivity index (χ2n) is 6.67. The third-order valence-electron chi connectivity index (χ3n) is 5.01. The maximum Gasteiger partial charge on any atom is 0.119 e. The summed E-state index contributed by atoms with van der Waals surface area (Å²) in [6.45, 7) is 7.44. The highest BCUT2D eigenvalue weighted by molar-refractivity contribution is 5.29. The average Bonchev–Trinajstić information content (AvgIpc) is 2.68. The van der Waals surface area contributed by atoms with Gasteiger partial charge in [-0.05, 0) is 43.0 Å². The quantitative estimate of drug-likeness (QED) is 0.723. The van der Waals surface area contributed by atoms with Gasteiger partial charge in [0.05, 0.1) is 7.11 Å². The summed E-state index contributed by atoms with van der Waals surface area (Å²) in [6.07, 6.45) is 7.92. The van der Waals surface area contributed by atoms with Crippen LogP contribution in [0, 0.1) is 0 Å². The monoisotopic (exact) mass is 342 g/mol. The molecule has 1 aliphatic carbocycles. The number of hydrogen-bond donors (Lipinski definition) is 0. The number of para-hydroxylation sites is 1. The molecule has 0 aromatic heterocycles. The van der Waals surface area contributed by atoms with E-state index >= 15 is 0 Å². The molecule has 0 N–H and O–H groups in total. The van der Waals surface area contributed by atoms with E-state index in [-0.39, 0.29) is 0 Å². The van der Waals surface area contributed by atoms with E-state index in [4.69, 9.17) is 9.47 Å². The lowest BCUT2D eigenvalue weighted by atomic mass is 10.0. The van der Waals surface area contributed by atoms with Gasteiger partial charge in [-0.3, -0.25) is 4.90 Å². The summed E-state index contributed by atoms with van der Waals surface area (Å²) in [5, 5.41) is 0. The van der Waals surface area contributed by atoms with Gasteiger partial charge in [-0.15, -0.1) is 0 Å². The number of rotatable bonds is 8. The first-order chi connectivity index (χ1) is 12.3. The Labute approximate surface area is 151 Å². The van der Waals surface area contributed by atoms with Gasteiger partial charge in [0.25, 0.3) is 0 Å². The number of nitrogens with zero attached hydrogens (tertiary/aromatic N) is 2. The fourth-order valence-electron chi connectivity index (χ4n) is 3.47. The summed E-state index contributed by atoms with van der Waals surface area (Å²) in [5.41, 5.74) is 1.38. The molecule has 1 aromatic rings. The molecule has 2 aliphatic rings. The Bertz CT molecular complexity index is 575. The van der Waals surface area contributed by atoms with E-state index in [9.17, 15) is 0 Å². The molecule has 1 fully saturated rings. The van der Waals surface area contributed by atoms with E-state index < -0.39 is 0 Å². The molecule has 3 rings (SSSR count). The van der Waals surface area contributed by atoms with Crippen molar-refractivity contribution in [1.29, 1.82) is 0 Å². The lowest BCUT2D eigenvalue weighted by molar-refractivity contribution is 0.117. The van der Waals surface area contributed by atoms with Crippen LogP contribution < -0.4 is 4.74 Å². The van der Waals surface area contributed by atoms with Crippen LogP contribution in [0.4, 0.5) is 0 Å². The Hall–Kier alpha value is -1.78. The van der Waals surface area contributed by atoms with Crippen LogP contribution in [-0.2, 0) is 4.74 Å². The zero-order valence-corrected chi connectivity index (χ0v) is 15.3. The maximum absolute atomic E-state index is 5.80. The summed E-state index contributed by atoms with van der Waals surface area (Å²) < 4.78 is 11.3. The lowest BCUT2D eigenvalue weighted by Crippen LogP contribution is -2.47. The molecule has 4 nitrogen and oxygen atoms in total. The van der Waals surface area contributed by atoms with E-state index in [2.05, 4.69) is 22.0 Å². The molecule has 0 saturated carbocycles. The Morgan fingerprint density at radius 2 is 1.56 bits per heavy atom. The van der Waals surface area contributed by atoms with Crippen LogP contribution in [0.25, 0.3) is 0 Å². The number of hydrogen-bond acceptors (Lipinski definition) is 4. The van der Waals surface area contributed by atoms with Crippen molar-refractivity contribution in [3.8, 4) is 5.75 Å². The van der Waals surface area contributed by atoms with Crippen LogP contribution in [0.15, 0.2) is 53.8 Å². The molecule has 1 saturated heterocycles. The second kappa shape index (κ2) is 9.64. The second-order valence-corrected chi connectivity index (χ2v) is 6.67. The van der Waals surface area contributed by atoms with Crippen molar-refractivity contribution in [2.75, 3.05) is 53.0 Å². The number of benzene rings is 1. The smallest absolute Gasteiger partial charge is 0.119 e. The first-order valence-corrected chi connectivity index (χ1v) is 9.41. The molecule has 136 valence electrons. The highest BCUT2D eigenvalue weighted by Crippen LogP contribution is 2.22. The molecule has 1 heterocycles. The normalized spacial score (nSPS) is 19.2. The average molecular weight is 342 g/mol. The molecule has 0 unspecified atom stereocenters. The van der Waals surface area contributed by atoms with Crippen LogP contribution in [0.3, 0.4) is 0 Å². The molecule has 0 radical (unpaired) electrons. The number of piperazine rings is 1. The fourth-order valence-corrected chi connectivity index (χ4v) is 3.47. The molecular formula is C21H30N2O2. The van der Waals surface area contributed by atoms with Gasteiger partial charge in [-0.1, -0.05) is 24.3 Å². The van der Waals surface area contributed by atoms with Crippen molar-refractivity contribution < 1.29 is 9.47 Å². The van der Waals surface area contributed by atoms with Crippen LogP contribution in [-0.4, -0.2) is 62.8 Å². The van der Waals surface area contributed by atoms with Gasteiger partial charge >= 0.3 is 0 Å². The van der Waals surface area contributed by atoms with Gasteiger partial charge in [0.2, 0.25) is 0 Å². The highest BCUT2D eigenvalue weighted by Gasteiger charge is 2.18. The lowest BCUT2D eigenvalue weighted by Gasteiger charge is -2.34. The van der Waals surface area contributed by atoms with Gasteiger partial charge in [0.15, 0.2) is 0 Å². The largest absolute Gasteiger partial charge is 0.497 e. The fraction of sp³-hybridized carbons (Fsp3) is 0.524. The SMILES string of the molecule is COC1=CCCC=C1CCN1CCN(CCOc2ccccc2)CC1. The predicted octanol–water partition coefficient (Wildman–Crippen LogP) is 3.32. The van der Waals surface area contributed by atoms with E-state index in [0.29, 0.717) is 0 Å². The van der Waals surface area contributed by atoms with E-state index in [1.54, 1.807) is 7.11 Å². The Morgan fingerprint density at radius 1 is 0.880 bits per heavy atom. The minimum absolute atomic E-state index is 0.763. The molecule has 25 heavy (non-hydrogen) atoms. The van der Waals surface area contributed by atoms with Gasteiger partial charge in [0, 0.05) is 39.3 Å². The van der Waals surface area contributed by atoms with Crippen molar-refractivity contribution in [1.82, 2.24) is 9.80 Å². The van der Waals surface area contributed by atoms with E-state index in [0.717, 1.165) is 76.6 Å². The van der Waals surface area contributed by atoms with Crippen molar-refractivity contribution >= 4 is 0 Å². The Kier molecular flexibility index (Phi) is 6.95. The maximum atomic E-state index is 5.80. The molecule has 0 spiro atoms. The van der Waals surface area contributed by atoms with E-state index in [1.165, 1.54) is 5.57 Å². The molecule has 0 atom stereocenters. The van der Waals surface area contributed by atoms with Gasteiger partial charge in [0.1, 0.15) is 18.1 Å². The first kappa shape index (κ1) is 18.0. The van der Waals surface area contributed by atoms with Crippen molar-refractivity contribution in [3.63, 3.8) is 0 Å². The zero-order valence-electron chi connectivity index (χ0n) is 15.3. The third-order valence-corrected chi connectivity index (χ3v) is 5.01. The zero-order chi connectivity index (χ0) is 17.3. The summed E-state index contributed by atoms with van der Waals surface area (Å²) in [5.74, 6) is 2.05. The summed E-state index contributed by atoms with van der Waals surface area (Å²) in [7, 11) is 1.78. The van der Waals surface area contributed by atoms with Crippen LogP contribution in [0.2, 0.25) is 0 Å². The van der Waals surface area contributed by atoms with Crippen molar-refractivity contribution in [3.05, 3.63) is 53.8 Å². The third kappa shape index (κ3) is 5.62.